The summed E-state index contributed by atoms with van der Waals surface area (Å²) >= 11 is 0. The first-order valence-electron chi connectivity index (χ1n) is 7.36. The lowest BCUT2D eigenvalue weighted by atomic mass is 10.1. The number of aromatic nitrogens is 2. The lowest BCUT2D eigenvalue weighted by Crippen LogP contribution is -2.01. The molecule has 0 spiro atoms. The molecule has 0 saturated carbocycles. The number of hydrogen-bond donors (Lipinski definition) is 2. The van der Waals surface area contributed by atoms with Crippen LogP contribution in [0.25, 0.3) is 11.3 Å². The van der Waals surface area contributed by atoms with Gasteiger partial charge in [-0.25, -0.2) is 0 Å². The Labute approximate surface area is 149 Å². The van der Waals surface area contributed by atoms with E-state index in [1.165, 1.54) is 0 Å². The third-order valence-corrected chi connectivity index (χ3v) is 3.63. The summed E-state index contributed by atoms with van der Waals surface area (Å²) in [5, 5.41) is 42.4. The largest absolute Gasteiger partial charge is 0.338 e. The second-order valence-electron chi connectivity index (χ2n) is 5.26. The molecule has 0 unspecified atom stereocenters. The molecule has 1 aromatic heterocycles. The highest BCUT2D eigenvalue weighted by Crippen LogP contribution is 2.38. The van der Waals surface area contributed by atoms with Crippen LogP contribution < -0.4 is 5.32 Å². The van der Waals surface area contributed by atoms with Crippen molar-refractivity contribution < 1.29 is 14.8 Å². The minimum atomic E-state index is -0.827. The molecule has 3 aromatic rings. The zero-order valence-electron chi connectivity index (χ0n) is 13.4. The summed E-state index contributed by atoms with van der Waals surface area (Å²) < 4.78 is 0. The van der Waals surface area contributed by atoms with E-state index in [1.54, 1.807) is 30.3 Å². The quantitative estimate of drug-likeness (QED) is 0.490. The molecule has 0 saturated heterocycles. The lowest BCUT2D eigenvalue weighted by Gasteiger charge is -2.04. The fourth-order valence-electron chi connectivity index (χ4n) is 2.43. The van der Waals surface area contributed by atoms with Crippen molar-refractivity contribution in [3.63, 3.8) is 0 Å². The number of nitro groups is 3. The number of non-ortho nitro benzene ring substituents is 1. The Balaban J connectivity index is 2.07. The summed E-state index contributed by atoms with van der Waals surface area (Å²) in [6.07, 6.45) is 0. The van der Waals surface area contributed by atoms with Gasteiger partial charge in [0.25, 0.3) is 11.4 Å². The molecule has 0 fully saturated rings. The van der Waals surface area contributed by atoms with E-state index < -0.39 is 31.8 Å². The van der Waals surface area contributed by atoms with Crippen LogP contribution in [-0.4, -0.2) is 25.0 Å². The molecule has 27 heavy (non-hydrogen) atoms. The van der Waals surface area contributed by atoms with Crippen molar-refractivity contribution in [2.24, 2.45) is 0 Å². The Bertz CT molecular complexity index is 1050. The maximum Gasteiger partial charge on any atom is 0.338 e. The van der Waals surface area contributed by atoms with Crippen molar-refractivity contribution in [1.29, 1.82) is 0 Å². The van der Waals surface area contributed by atoms with Gasteiger partial charge in [-0.15, -0.1) is 5.10 Å². The Morgan fingerprint density at radius 2 is 1.59 bits per heavy atom. The molecule has 0 bridgehead atoms. The minimum Gasteiger partial charge on any atom is -0.327 e. The zero-order valence-corrected chi connectivity index (χ0v) is 13.4. The topological polar surface area (TPSA) is 170 Å². The van der Waals surface area contributed by atoms with Gasteiger partial charge in [0.2, 0.25) is 5.82 Å². The van der Waals surface area contributed by atoms with Crippen LogP contribution in [0.15, 0.2) is 48.5 Å². The highest BCUT2D eigenvalue weighted by molar-refractivity contribution is 5.82. The first-order chi connectivity index (χ1) is 12.9. The van der Waals surface area contributed by atoms with Crippen molar-refractivity contribution in [3.05, 3.63) is 78.9 Å². The number of hydrogen-bond acceptors (Lipinski definition) is 8. The van der Waals surface area contributed by atoms with Gasteiger partial charge < -0.3 is 5.32 Å². The van der Waals surface area contributed by atoms with E-state index in [0.717, 1.165) is 18.2 Å². The average molecular weight is 370 g/mol. The molecule has 136 valence electrons. The van der Waals surface area contributed by atoms with Crippen molar-refractivity contribution in [3.8, 4) is 11.3 Å². The third-order valence-electron chi connectivity index (χ3n) is 3.63. The van der Waals surface area contributed by atoms with Crippen molar-refractivity contribution in [1.82, 2.24) is 10.2 Å². The monoisotopic (exact) mass is 370 g/mol. The van der Waals surface area contributed by atoms with Crippen LogP contribution in [0, 0.1) is 30.3 Å². The van der Waals surface area contributed by atoms with Gasteiger partial charge in [0.15, 0.2) is 0 Å². The van der Waals surface area contributed by atoms with E-state index in [2.05, 4.69) is 15.5 Å². The molecule has 0 atom stereocenters. The van der Waals surface area contributed by atoms with Crippen molar-refractivity contribution in [2.75, 3.05) is 5.32 Å². The number of nitrogens with one attached hydrogen (secondary N) is 2. The van der Waals surface area contributed by atoms with Crippen LogP contribution in [-0.2, 0) is 0 Å². The number of rotatable bonds is 6. The summed E-state index contributed by atoms with van der Waals surface area (Å²) in [6.45, 7) is 0. The molecule has 2 aromatic carbocycles. The third kappa shape index (κ3) is 3.39. The molecule has 0 aliphatic carbocycles. The van der Waals surface area contributed by atoms with E-state index >= 15 is 0 Å². The van der Waals surface area contributed by atoms with Gasteiger partial charge in [-0.2, -0.15) is 0 Å². The molecule has 0 aliphatic heterocycles. The Kier molecular flexibility index (Phi) is 4.45. The molecule has 12 heteroatoms. The summed E-state index contributed by atoms with van der Waals surface area (Å²) in [5.74, 6) is -0.254. The fourth-order valence-corrected chi connectivity index (χ4v) is 2.43. The number of nitrogens with zero attached hydrogens (tertiary/aromatic N) is 4. The first-order valence-corrected chi connectivity index (χ1v) is 7.36. The van der Waals surface area contributed by atoms with Gasteiger partial charge in [0.05, 0.1) is 20.8 Å². The van der Waals surface area contributed by atoms with E-state index in [9.17, 15) is 30.3 Å². The second kappa shape index (κ2) is 6.87. The second-order valence-corrected chi connectivity index (χ2v) is 5.26. The summed E-state index contributed by atoms with van der Waals surface area (Å²) in [6, 6.07) is 11.3. The van der Waals surface area contributed by atoms with Gasteiger partial charge in [-0.05, 0) is 6.07 Å². The predicted molar refractivity (Wildman–Crippen MR) is 93.7 cm³/mol. The molecule has 0 amide bonds. The molecule has 12 nitrogen and oxygen atoms in total. The van der Waals surface area contributed by atoms with Gasteiger partial charge in [0, 0.05) is 11.6 Å². The summed E-state index contributed by atoms with van der Waals surface area (Å²) in [5.41, 5.74) is -1.04. The predicted octanol–water partition coefficient (Wildman–Crippen LogP) is 3.54. The fraction of sp³-hybridized carbons (Fsp3) is 0. The Morgan fingerprint density at radius 1 is 0.889 bits per heavy atom. The molecule has 3 rings (SSSR count). The van der Waals surface area contributed by atoms with Crippen molar-refractivity contribution in [2.45, 2.75) is 0 Å². The lowest BCUT2D eigenvalue weighted by molar-refractivity contribution is -0.393. The van der Waals surface area contributed by atoms with E-state index in [1.807, 2.05) is 0 Å². The number of anilines is 2. The highest BCUT2D eigenvalue weighted by atomic mass is 16.6. The first kappa shape index (κ1) is 17.5. The Morgan fingerprint density at radius 3 is 2.19 bits per heavy atom. The maximum atomic E-state index is 11.5. The number of benzene rings is 2. The van der Waals surface area contributed by atoms with Crippen LogP contribution in [0.1, 0.15) is 0 Å². The van der Waals surface area contributed by atoms with Crippen LogP contribution in [0.5, 0.6) is 0 Å². The SMILES string of the molecule is O=[N+]([O-])c1ccc(Nc2n[nH]c(-c3ccccc3)c2[N+](=O)[O-])c([N+](=O)[O-])c1. The van der Waals surface area contributed by atoms with Crippen LogP contribution in [0.4, 0.5) is 28.6 Å². The van der Waals surface area contributed by atoms with Crippen LogP contribution in [0.2, 0.25) is 0 Å². The van der Waals surface area contributed by atoms with E-state index in [0.29, 0.717) is 5.56 Å². The van der Waals surface area contributed by atoms with Crippen LogP contribution >= 0.6 is 0 Å². The normalized spacial score (nSPS) is 10.4. The zero-order chi connectivity index (χ0) is 19.6. The molecular formula is C15H10N6O6. The summed E-state index contributed by atoms with van der Waals surface area (Å²) in [7, 11) is 0. The molecule has 1 heterocycles. The van der Waals surface area contributed by atoms with Crippen molar-refractivity contribution >= 4 is 28.6 Å². The standard InChI is InChI=1S/C15H10N6O6/c22-19(23)10-6-7-11(12(8-10)20(24)25)16-15-14(21(26)27)13(17-18-15)9-4-2-1-3-5-9/h1-8H,(H2,16,17,18). The molecule has 2 N–H and O–H groups in total. The Hall–Kier alpha value is -4.35. The van der Waals surface area contributed by atoms with E-state index in [-0.39, 0.29) is 17.2 Å². The van der Waals surface area contributed by atoms with E-state index in [4.69, 9.17) is 0 Å². The molecular weight excluding hydrogens is 360 g/mol. The highest BCUT2D eigenvalue weighted by Gasteiger charge is 2.28. The van der Waals surface area contributed by atoms with Gasteiger partial charge in [-0.3, -0.25) is 35.4 Å². The number of H-pyrrole nitrogens is 1. The van der Waals surface area contributed by atoms with Gasteiger partial charge in [-0.1, -0.05) is 30.3 Å². The molecule has 0 radical (unpaired) electrons. The van der Waals surface area contributed by atoms with Gasteiger partial charge in [0.1, 0.15) is 11.4 Å². The maximum absolute atomic E-state index is 11.5. The minimum absolute atomic E-state index is 0.118. The smallest absolute Gasteiger partial charge is 0.327 e. The summed E-state index contributed by atoms with van der Waals surface area (Å²) in [4.78, 5) is 31.3. The van der Waals surface area contributed by atoms with Crippen LogP contribution in [0.3, 0.4) is 0 Å². The van der Waals surface area contributed by atoms with Gasteiger partial charge >= 0.3 is 5.69 Å². The molecule has 0 aliphatic rings. The number of nitro benzene ring substituents is 2. The number of aromatic amines is 1. The average Bonchev–Trinajstić information content (AvgIpc) is 3.06.